The smallest absolute Gasteiger partial charge is 0.150 e. The van der Waals surface area contributed by atoms with Gasteiger partial charge in [-0.1, -0.05) is 34.6 Å². The van der Waals surface area contributed by atoms with Gasteiger partial charge in [-0.05, 0) is 17.7 Å². The van der Waals surface area contributed by atoms with E-state index in [4.69, 9.17) is 17.1 Å². The Bertz CT molecular complexity index is 496. The normalized spacial score (nSPS) is 8.56. The van der Waals surface area contributed by atoms with Crippen LogP contribution in [0.2, 0.25) is 5.02 Å². The molecule has 16 heavy (non-hydrogen) atoms. The lowest BCUT2D eigenvalue weighted by Gasteiger charge is -1.95. The maximum absolute atomic E-state index is 10.5. The SMILES string of the molecule is [N-]=[N+]=NCCC#Cc1ccc(C=O)cc1Cl. The van der Waals surface area contributed by atoms with Crippen LogP contribution in [-0.2, 0) is 0 Å². The average Bonchev–Trinajstić information content (AvgIpc) is 2.30. The molecule has 0 N–H and O–H groups in total. The van der Waals surface area contributed by atoms with Crippen LogP contribution in [-0.4, -0.2) is 12.8 Å². The van der Waals surface area contributed by atoms with Crippen molar-refractivity contribution in [2.24, 2.45) is 5.11 Å². The molecule has 4 nitrogen and oxygen atoms in total. The van der Waals surface area contributed by atoms with Crippen molar-refractivity contribution in [2.75, 3.05) is 6.54 Å². The molecule has 1 aromatic rings. The van der Waals surface area contributed by atoms with Crippen LogP contribution in [0.25, 0.3) is 10.4 Å². The molecule has 0 radical (unpaired) electrons. The van der Waals surface area contributed by atoms with E-state index in [2.05, 4.69) is 21.9 Å². The summed E-state index contributed by atoms with van der Waals surface area (Å²) in [4.78, 5) is 13.1. The first kappa shape index (κ1) is 12.1. The summed E-state index contributed by atoms with van der Waals surface area (Å²) < 4.78 is 0. The third kappa shape index (κ3) is 3.66. The van der Waals surface area contributed by atoms with Crippen molar-refractivity contribution in [1.82, 2.24) is 0 Å². The van der Waals surface area contributed by atoms with Crippen LogP contribution in [0, 0.1) is 11.8 Å². The second-order valence-corrected chi connectivity index (χ2v) is 3.27. The summed E-state index contributed by atoms with van der Waals surface area (Å²) in [6, 6.07) is 4.90. The fraction of sp³-hybridized carbons (Fsp3) is 0.182. The van der Waals surface area contributed by atoms with Gasteiger partial charge in [-0.3, -0.25) is 4.79 Å². The molecule has 0 spiro atoms. The van der Waals surface area contributed by atoms with Crippen molar-refractivity contribution in [3.05, 3.63) is 44.8 Å². The minimum Gasteiger partial charge on any atom is -0.298 e. The summed E-state index contributed by atoms with van der Waals surface area (Å²) in [5.41, 5.74) is 9.22. The van der Waals surface area contributed by atoms with Crippen LogP contribution in [0.5, 0.6) is 0 Å². The Kier molecular flexibility index (Phi) is 4.94. The van der Waals surface area contributed by atoms with Gasteiger partial charge in [-0.15, -0.1) is 0 Å². The first-order chi connectivity index (χ1) is 7.77. The number of carbonyl (C=O) groups is 1. The zero-order valence-electron chi connectivity index (χ0n) is 8.35. The molecule has 0 aliphatic carbocycles. The molecule has 0 atom stereocenters. The minimum atomic E-state index is 0.341. The maximum Gasteiger partial charge on any atom is 0.150 e. The zero-order valence-corrected chi connectivity index (χ0v) is 9.11. The predicted molar refractivity (Wildman–Crippen MR) is 62.3 cm³/mol. The summed E-state index contributed by atoms with van der Waals surface area (Å²) in [7, 11) is 0. The first-order valence-electron chi connectivity index (χ1n) is 4.52. The van der Waals surface area contributed by atoms with E-state index in [9.17, 15) is 4.79 Å². The number of aldehydes is 1. The maximum atomic E-state index is 10.5. The molecule has 1 rings (SSSR count). The molecular weight excluding hydrogens is 226 g/mol. The second kappa shape index (κ2) is 6.52. The lowest BCUT2D eigenvalue weighted by molar-refractivity contribution is 0.112. The molecule has 0 saturated heterocycles. The summed E-state index contributed by atoms with van der Waals surface area (Å²) in [5, 5.41) is 3.80. The lowest BCUT2D eigenvalue weighted by Crippen LogP contribution is -1.83. The molecule has 0 saturated carbocycles. The third-order valence-electron chi connectivity index (χ3n) is 1.75. The summed E-state index contributed by atoms with van der Waals surface area (Å²) in [6.45, 7) is 0.341. The molecule has 0 heterocycles. The Morgan fingerprint density at radius 2 is 2.38 bits per heavy atom. The molecule has 0 aromatic heterocycles. The monoisotopic (exact) mass is 233 g/mol. The van der Waals surface area contributed by atoms with E-state index >= 15 is 0 Å². The minimum absolute atomic E-state index is 0.341. The Balaban J connectivity index is 2.73. The Morgan fingerprint density at radius 1 is 1.56 bits per heavy atom. The van der Waals surface area contributed by atoms with E-state index in [1.807, 2.05) is 0 Å². The van der Waals surface area contributed by atoms with Gasteiger partial charge in [0.1, 0.15) is 6.29 Å². The number of nitrogens with zero attached hydrogens (tertiary/aromatic N) is 3. The van der Waals surface area contributed by atoms with Gasteiger partial charge < -0.3 is 0 Å². The van der Waals surface area contributed by atoms with E-state index in [-0.39, 0.29) is 0 Å². The standard InChI is InChI=1S/C11H8ClN3O/c12-11-7-9(8-16)4-5-10(11)3-1-2-6-14-15-13/h4-5,7-8H,2,6H2. The summed E-state index contributed by atoms with van der Waals surface area (Å²) in [5.74, 6) is 5.67. The average molecular weight is 234 g/mol. The van der Waals surface area contributed by atoms with Crippen molar-refractivity contribution in [1.29, 1.82) is 0 Å². The molecule has 5 heteroatoms. The van der Waals surface area contributed by atoms with Crippen LogP contribution in [0.4, 0.5) is 0 Å². The van der Waals surface area contributed by atoms with Crippen molar-refractivity contribution in [2.45, 2.75) is 6.42 Å². The predicted octanol–water partition coefficient (Wildman–Crippen LogP) is 3.20. The van der Waals surface area contributed by atoms with Gasteiger partial charge in [0, 0.05) is 29.0 Å². The van der Waals surface area contributed by atoms with E-state index in [0.29, 0.717) is 29.1 Å². The lowest BCUT2D eigenvalue weighted by atomic mass is 10.1. The van der Waals surface area contributed by atoms with Gasteiger partial charge in [0.15, 0.2) is 0 Å². The fourth-order valence-corrected chi connectivity index (χ4v) is 1.25. The molecule has 80 valence electrons. The first-order valence-corrected chi connectivity index (χ1v) is 4.90. The Morgan fingerprint density at radius 3 is 3.00 bits per heavy atom. The van der Waals surface area contributed by atoms with E-state index < -0.39 is 0 Å². The van der Waals surface area contributed by atoms with Gasteiger partial charge in [0.2, 0.25) is 0 Å². The van der Waals surface area contributed by atoms with Gasteiger partial charge in [-0.25, -0.2) is 0 Å². The molecule has 0 aliphatic rings. The highest BCUT2D eigenvalue weighted by Crippen LogP contribution is 2.15. The number of hydrogen-bond acceptors (Lipinski definition) is 2. The van der Waals surface area contributed by atoms with Crippen LogP contribution in [0.3, 0.4) is 0 Å². The van der Waals surface area contributed by atoms with E-state index in [1.165, 1.54) is 0 Å². The van der Waals surface area contributed by atoms with Crippen molar-refractivity contribution in [3.8, 4) is 11.8 Å². The highest BCUT2D eigenvalue weighted by Gasteiger charge is 1.97. The van der Waals surface area contributed by atoms with E-state index in [1.54, 1.807) is 18.2 Å². The number of carbonyl (C=O) groups excluding carboxylic acids is 1. The number of rotatable bonds is 3. The summed E-state index contributed by atoms with van der Waals surface area (Å²) in [6.07, 6.45) is 1.21. The highest BCUT2D eigenvalue weighted by atomic mass is 35.5. The topological polar surface area (TPSA) is 65.8 Å². The molecule has 1 aromatic carbocycles. The molecule has 0 fully saturated rings. The number of hydrogen-bond donors (Lipinski definition) is 0. The van der Waals surface area contributed by atoms with Crippen LogP contribution >= 0.6 is 11.6 Å². The van der Waals surface area contributed by atoms with Crippen molar-refractivity contribution in [3.63, 3.8) is 0 Å². The Labute approximate surface area is 97.9 Å². The van der Waals surface area contributed by atoms with Crippen LogP contribution in [0.15, 0.2) is 23.3 Å². The fourth-order valence-electron chi connectivity index (χ4n) is 1.01. The highest BCUT2D eigenvalue weighted by molar-refractivity contribution is 6.32. The summed E-state index contributed by atoms with van der Waals surface area (Å²) >= 11 is 5.90. The number of azide groups is 1. The van der Waals surface area contributed by atoms with Crippen LogP contribution in [0.1, 0.15) is 22.3 Å². The Hall–Kier alpha value is -1.95. The van der Waals surface area contributed by atoms with Crippen LogP contribution < -0.4 is 0 Å². The molecule has 0 unspecified atom stereocenters. The molecule has 0 bridgehead atoms. The van der Waals surface area contributed by atoms with Gasteiger partial charge >= 0.3 is 0 Å². The van der Waals surface area contributed by atoms with Gasteiger partial charge in [-0.2, -0.15) is 0 Å². The quantitative estimate of drug-likeness (QED) is 0.197. The third-order valence-corrected chi connectivity index (χ3v) is 2.07. The van der Waals surface area contributed by atoms with Gasteiger partial charge in [0.25, 0.3) is 0 Å². The van der Waals surface area contributed by atoms with Crippen molar-refractivity contribution >= 4 is 17.9 Å². The molecular formula is C11H8ClN3O. The number of benzene rings is 1. The zero-order chi connectivity index (χ0) is 11.8. The van der Waals surface area contributed by atoms with E-state index in [0.717, 1.165) is 6.29 Å². The second-order valence-electron chi connectivity index (χ2n) is 2.86. The van der Waals surface area contributed by atoms with Gasteiger partial charge in [0.05, 0.1) is 5.02 Å². The largest absolute Gasteiger partial charge is 0.298 e. The van der Waals surface area contributed by atoms with Crippen molar-refractivity contribution < 1.29 is 4.79 Å². The molecule has 0 amide bonds. The molecule has 0 aliphatic heterocycles. The number of halogens is 1.